The van der Waals surface area contributed by atoms with Gasteiger partial charge in [-0.1, -0.05) is 17.7 Å². The van der Waals surface area contributed by atoms with E-state index in [2.05, 4.69) is 41.3 Å². The molecule has 0 saturated heterocycles. The number of rotatable bonds is 6. The van der Waals surface area contributed by atoms with Crippen LogP contribution in [0.25, 0.3) is 0 Å². The zero-order valence-corrected chi connectivity index (χ0v) is 15.9. The molecular weight excluding hydrogens is 336 g/mol. The normalized spacial score (nSPS) is 10.5. The molecule has 0 unspecified atom stereocenters. The first kappa shape index (κ1) is 18.6. The van der Waals surface area contributed by atoms with Gasteiger partial charge in [0.1, 0.15) is 5.82 Å². The van der Waals surface area contributed by atoms with Gasteiger partial charge in [0.2, 0.25) is 0 Å². The van der Waals surface area contributed by atoms with E-state index in [1.165, 1.54) is 5.56 Å². The van der Waals surface area contributed by atoms with Crippen LogP contribution in [0.1, 0.15) is 27.0 Å². The van der Waals surface area contributed by atoms with Gasteiger partial charge in [-0.25, -0.2) is 4.98 Å². The van der Waals surface area contributed by atoms with Crippen molar-refractivity contribution in [3.63, 3.8) is 0 Å². The van der Waals surface area contributed by atoms with E-state index in [-0.39, 0.29) is 5.91 Å². The number of benzene rings is 1. The fraction of sp³-hybridized carbons (Fsp3) is 0.227. The molecule has 0 saturated carbocycles. The molecule has 27 heavy (non-hydrogen) atoms. The average molecular weight is 360 g/mol. The Labute approximate surface area is 160 Å². The highest BCUT2D eigenvalue weighted by atomic mass is 16.2. The molecule has 0 aliphatic heterocycles. The van der Waals surface area contributed by atoms with Gasteiger partial charge < -0.3 is 10.2 Å². The van der Waals surface area contributed by atoms with Crippen molar-refractivity contribution in [2.45, 2.75) is 20.3 Å². The van der Waals surface area contributed by atoms with Gasteiger partial charge in [0.05, 0.1) is 0 Å². The smallest absolute Gasteiger partial charge is 0.253 e. The molecule has 5 heteroatoms. The molecule has 0 radical (unpaired) electrons. The number of nitrogens with zero attached hydrogens (tertiary/aromatic N) is 3. The summed E-state index contributed by atoms with van der Waals surface area (Å²) in [7, 11) is 1.82. The van der Waals surface area contributed by atoms with Gasteiger partial charge >= 0.3 is 0 Å². The number of amides is 1. The maximum atomic E-state index is 12.7. The molecule has 0 atom stereocenters. The predicted octanol–water partition coefficient (Wildman–Crippen LogP) is 4.15. The Kier molecular flexibility index (Phi) is 5.81. The molecule has 2 aromatic heterocycles. The lowest BCUT2D eigenvalue weighted by atomic mass is 10.1. The first-order valence-electron chi connectivity index (χ1n) is 8.97. The van der Waals surface area contributed by atoms with Gasteiger partial charge in [0, 0.05) is 43.4 Å². The van der Waals surface area contributed by atoms with Crippen molar-refractivity contribution in [3.05, 3.63) is 83.3 Å². The Bertz CT molecular complexity index is 925. The van der Waals surface area contributed by atoms with E-state index in [1.54, 1.807) is 35.6 Å². The summed E-state index contributed by atoms with van der Waals surface area (Å²) < 4.78 is 0. The maximum Gasteiger partial charge on any atom is 0.253 e. The number of aryl methyl sites for hydroxylation is 2. The number of anilines is 2. The molecule has 0 aliphatic carbocycles. The van der Waals surface area contributed by atoms with E-state index in [1.807, 2.05) is 25.2 Å². The molecule has 138 valence electrons. The van der Waals surface area contributed by atoms with Crippen LogP contribution in [0.5, 0.6) is 0 Å². The molecule has 0 fully saturated rings. The zero-order valence-electron chi connectivity index (χ0n) is 15.9. The molecule has 5 nitrogen and oxygen atoms in total. The number of pyridine rings is 2. The Balaban J connectivity index is 1.67. The Hall–Kier alpha value is -3.21. The van der Waals surface area contributed by atoms with Gasteiger partial charge in [-0.2, -0.15) is 0 Å². The Morgan fingerprint density at radius 2 is 1.81 bits per heavy atom. The van der Waals surface area contributed by atoms with Crippen molar-refractivity contribution in [3.8, 4) is 0 Å². The van der Waals surface area contributed by atoms with E-state index >= 15 is 0 Å². The van der Waals surface area contributed by atoms with Crippen LogP contribution in [0.2, 0.25) is 0 Å². The maximum absolute atomic E-state index is 12.7. The summed E-state index contributed by atoms with van der Waals surface area (Å²) in [4.78, 5) is 22.8. The zero-order chi connectivity index (χ0) is 19.2. The third-order valence-electron chi connectivity index (χ3n) is 4.48. The second kappa shape index (κ2) is 8.45. The minimum atomic E-state index is -0.0184. The summed E-state index contributed by atoms with van der Waals surface area (Å²) in [6, 6.07) is 13.7. The molecule has 0 bridgehead atoms. The van der Waals surface area contributed by atoms with Crippen molar-refractivity contribution < 1.29 is 4.79 Å². The molecule has 0 aliphatic rings. The number of hydrogen-bond donors (Lipinski definition) is 1. The largest absolute Gasteiger partial charge is 0.341 e. The van der Waals surface area contributed by atoms with Crippen LogP contribution >= 0.6 is 0 Å². The van der Waals surface area contributed by atoms with Gasteiger partial charge in [-0.05, 0) is 61.7 Å². The second-order valence-corrected chi connectivity index (χ2v) is 6.71. The Morgan fingerprint density at radius 1 is 1.04 bits per heavy atom. The lowest BCUT2D eigenvalue weighted by molar-refractivity contribution is 0.0796. The first-order chi connectivity index (χ1) is 13.0. The number of aromatic nitrogens is 2. The van der Waals surface area contributed by atoms with Crippen LogP contribution in [-0.2, 0) is 6.42 Å². The van der Waals surface area contributed by atoms with E-state index < -0.39 is 0 Å². The number of carbonyl (C=O) groups excluding carboxylic acids is 1. The fourth-order valence-electron chi connectivity index (χ4n) is 2.89. The molecular formula is C22H24N4O. The number of nitrogens with one attached hydrogen (secondary N) is 1. The van der Waals surface area contributed by atoms with Crippen molar-refractivity contribution in [1.29, 1.82) is 0 Å². The number of carbonyl (C=O) groups is 1. The predicted molar refractivity (Wildman–Crippen MR) is 108 cm³/mol. The van der Waals surface area contributed by atoms with Crippen molar-refractivity contribution in [2.24, 2.45) is 0 Å². The number of hydrogen-bond acceptors (Lipinski definition) is 4. The molecule has 2 heterocycles. The summed E-state index contributed by atoms with van der Waals surface area (Å²) in [6.07, 6.45) is 6.00. The quantitative estimate of drug-likeness (QED) is 0.717. The highest BCUT2D eigenvalue weighted by Crippen LogP contribution is 2.21. The molecule has 1 amide bonds. The van der Waals surface area contributed by atoms with Crippen molar-refractivity contribution in [2.75, 3.05) is 18.9 Å². The lowest BCUT2D eigenvalue weighted by Gasteiger charge is -2.18. The summed E-state index contributed by atoms with van der Waals surface area (Å²) in [6.45, 7) is 4.76. The summed E-state index contributed by atoms with van der Waals surface area (Å²) in [5, 5.41) is 3.30. The van der Waals surface area contributed by atoms with E-state index in [4.69, 9.17) is 0 Å². The molecule has 3 rings (SSSR count). The highest BCUT2D eigenvalue weighted by molar-refractivity contribution is 5.94. The lowest BCUT2D eigenvalue weighted by Crippen LogP contribution is -2.28. The SMILES string of the molecule is Cc1ccc(Nc2cc(C(=O)N(C)CCc3ccncc3)ccn2)c(C)c1. The van der Waals surface area contributed by atoms with Gasteiger partial charge in [0.25, 0.3) is 5.91 Å². The minimum absolute atomic E-state index is 0.0184. The summed E-state index contributed by atoms with van der Waals surface area (Å²) in [5.41, 5.74) is 5.13. The van der Waals surface area contributed by atoms with Gasteiger partial charge in [-0.15, -0.1) is 0 Å². The average Bonchev–Trinajstić information content (AvgIpc) is 2.69. The third-order valence-corrected chi connectivity index (χ3v) is 4.48. The summed E-state index contributed by atoms with van der Waals surface area (Å²) >= 11 is 0. The summed E-state index contributed by atoms with van der Waals surface area (Å²) in [5.74, 6) is 0.644. The molecule has 1 N–H and O–H groups in total. The van der Waals surface area contributed by atoms with E-state index in [0.29, 0.717) is 17.9 Å². The van der Waals surface area contributed by atoms with Crippen LogP contribution in [0.3, 0.4) is 0 Å². The van der Waals surface area contributed by atoms with Crippen LogP contribution in [0.4, 0.5) is 11.5 Å². The van der Waals surface area contributed by atoms with E-state index in [0.717, 1.165) is 23.2 Å². The van der Waals surface area contributed by atoms with Crippen molar-refractivity contribution >= 4 is 17.4 Å². The Morgan fingerprint density at radius 3 is 2.56 bits per heavy atom. The van der Waals surface area contributed by atoms with Crippen LogP contribution in [0.15, 0.2) is 61.1 Å². The first-order valence-corrected chi connectivity index (χ1v) is 8.97. The fourth-order valence-corrected chi connectivity index (χ4v) is 2.89. The van der Waals surface area contributed by atoms with Crippen LogP contribution < -0.4 is 5.32 Å². The van der Waals surface area contributed by atoms with Gasteiger partial charge in [-0.3, -0.25) is 9.78 Å². The highest BCUT2D eigenvalue weighted by Gasteiger charge is 2.13. The van der Waals surface area contributed by atoms with Crippen LogP contribution in [0, 0.1) is 13.8 Å². The topological polar surface area (TPSA) is 58.1 Å². The third kappa shape index (κ3) is 4.91. The molecule has 1 aromatic carbocycles. The van der Waals surface area contributed by atoms with Crippen molar-refractivity contribution in [1.82, 2.24) is 14.9 Å². The van der Waals surface area contributed by atoms with Gasteiger partial charge in [0.15, 0.2) is 0 Å². The standard InChI is InChI=1S/C22H24N4O/c1-16-4-5-20(17(2)14-16)25-21-15-19(8-12-24-21)22(27)26(3)13-9-18-6-10-23-11-7-18/h4-8,10-12,14-15H,9,13H2,1-3H3,(H,24,25). The van der Waals surface area contributed by atoms with Crippen LogP contribution in [-0.4, -0.2) is 34.4 Å². The molecule has 0 spiro atoms. The van der Waals surface area contributed by atoms with E-state index in [9.17, 15) is 4.79 Å². The number of likely N-dealkylation sites (N-methyl/N-ethyl adjacent to an activating group) is 1. The molecule has 3 aromatic rings. The minimum Gasteiger partial charge on any atom is -0.341 e. The second-order valence-electron chi connectivity index (χ2n) is 6.71. The monoisotopic (exact) mass is 360 g/mol.